The summed E-state index contributed by atoms with van der Waals surface area (Å²) in [6, 6.07) is 7.36. The number of ether oxygens (including phenoxy) is 1. The lowest BCUT2D eigenvalue weighted by Gasteiger charge is -2.08. The normalized spacial score (nSPS) is 19.0. The number of carbonyl (C=O) groups is 1. The van der Waals surface area contributed by atoms with Crippen molar-refractivity contribution in [3.63, 3.8) is 0 Å². The molecular formula is C18H17FN4O2. The molecule has 4 rings (SSSR count). The van der Waals surface area contributed by atoms with Gasteiger partial charge in [-0.15, -0.1) is 0 Å². The van der Waals surface area contributed by atoms with Gasteiger partial charge in [-0.3, -0.25) is 4.79 Å². The Bertz CT molecular complexity index is 940. The fourth-order valence-electron chi connectivity index (χ4n) is 2.80. The van der Waals surface area contributed by atoms with E-state index < -0.39 is 12.1 Å². The average molecular weight is 340 g/mol. The highest BCUT2D eigenvalue weighted by molar-refractivity contribution is 5.98. The van der Waals surface area contributed by atoms with E-state index in [-0.39, 0.29) is 5.91 Å². The van der Waals surface area contributed by atoms with Crippen LogP contribution >= 0.6 is 0 Å². The Morgan fingerprint density at radius 2 is 2.24 bits per heavy atom. The van der Waals surface area contributed by atoms with Gasteiger partial charge in [0.2, 0.25) is 11.8 Å². The van der Waals surface area contributed by atoms with Gasteiger partial charge in [-0.25, -0.2) is 14.4 Å². The molecule has 1 amide bonds. The first-order chi connectivity index (χ1) is 12.2. The van der Waals surface area contributed by atoms with E-state index in [4.69, 9.17) is 4.74 Å². The SMILES string of the molecule is CCOc1ncccc1-c1c[nH]c2nc(NC(=O)[C@H]3C[C@H]3F)ccc12. The number of anilines is 1. The van der Waals surface area contributed by atoms with Crippen molar-refractivity contribution >= 4 is 22.8 Å². The largest absolute Gasteiger partial charge is 0.478 e. The van der Waals surface area contributed by atoms with Crippen molar-refractivity contribution in [2.24, 2.45) is 5.92 Å². The van der Waals surface area contributed by atoms with Gasteiger partial charge in [0.25, 0.3) is 0 Å². The number of halogens is 1. The van der Waals surface area contributed by atoms with Crippen molar-refractivity contribution in [1.82, 2.24) is 15.0 Å². The number of carbonyl (C=O) groups excluding carboxylic acids is 1. The molecule has 0 radical (unpaired) electrons. The highest BCUT2D eigenvalue weighted by Crippen LogP contribution is 2.36. The third-order valence-electron chi connectivity index (χ3n) is 4.18. The lowest BCUT2D eigenvalue weighted by molar-refractivity contribution is -0.117. The number of alkyl halides is 1. The van der Waals surface area contributed by atoms with Crippen LogP contribution < -0.4 is 10.1 Å². The zero-order valence-corrected chi connectivity index (χ0v) is 13.6. The van der Waals surface area contributed by atoms with Gasteiger partial charge in [-0.05, 0) is 37.6 Å². The maximum atomic E-state index is 13.0. The Kier molecular flexibility index (Phi) is 3.83. The summed E-state index contributed by atoms with van der Waals surface area (Å²) in [5.41, 5.74) is 2.42. The number of nitrogens with zero attached hydrogens (tertiary/aromatic N) is 2. The van der Waals surface area contributed by atoms with Crippen molar-refractivity contribution in [2.45, 2.75) is 19.5 Å². The summed E-state index contributed by atoms with van der Waals surface area (Å²) < 4.78 is 18.6. The maximum Gasteiger partial charge on any atom is 0.231 e. The molecule has 6 nitrogen and oxygen atoms in total. The summed E-state index contributed by atoms with van der Waals surface area (Å²) in [5, 5.41) is 3.55. The molecule has 0 spiro atoms. The van der Waals surface area contributed by atoms with Gasteiger partial charge >= 0.3 is 0 Å². The molecule has 0 saturated heterocycles. The predicted molar refractivity (Wildman–Crippen MR) is 92.1 cm³/mol. The topological polar surface area (TPSA) is 79.9 Å². The van der Waals surface area contributed by atoms with Gasteiger partial charge in [0.05, 0.1) is 12.5 Å². The number of aromatic amines is 1. The summed E-state index contributed by atoms with van der Waals surface area (Å²) in [5.74, 6) is 0.102. The summed E-state index contributed by atoms with van der Waals surface area (Å²) in [7, 11) is 0. The molecular weight excluding hydrogens is 323 g/mol. The second-order valence-corrected chi connectivity index (χ2v) is 5.93. The highest BCUT2D eigenvalue weighted by Gasteiger charge is 2.43. The number of hydrogen-bond acceptors (Lipinski definition) is 4. The van der Waals surface area contributed by atoms with E-state index in [1.54, 1.807) is 12.3 Å². The lowest BCUT2D eigenvalue weighted by atomic mass is 10.1. The number of H-pyrrole nitrogens is 1. The maximum absolute atomic E-state index is 13.0. The van der Waals surface area contributed by atoms with Crippen molar-refractivity contribution in [3.05, 3.63) is 36.7 Å². The van der Waals surface area contributed by atoms with Crippen molar-refractivity contribution in [2.75, 3.05) is 11.9 Å². The van der Waals surface area contributed by atoms with E-state index in [0.29, 0.717) is 30.4 Å². The number of hydrogen-bond donors (Lipinski definition) is 2. The molecule has 0 bridgehead atoms. The average Bonchev–Trinajstić information content (AvgIpc) is 3.21. The van der Waals surface area contributed by atoms with Crippen LogP contribution in [0.25, 0.3) is 22.2 Å². The molecule has 1 saturated carbocycles. The molecule has 2 N–H and O–H groups in total. The van der Waals surface area contributed by atoms with E-state index in [1.165, 1.54) is 0 Å². The second kappa shape index (κ2) is 6.16. The fraction of sp³-hybridized carbons (Fsp3) is 0.278. The van der Waals surface area contributed by atoms with Crippen molar-refractivity contribution in [3.8, 4) is 17.0 Å². The third-order valence-corrected chi connectivity index (χ3v) is 4.18. The van der Waals surface area contributed by atoms with Crippen LogP contribution in [0.15, 0.2) is 36.7 Å². The first-order valence-electron chi connectivity index (χ1n) is 8.18. The van der Waals surface area contributed by atoms with E-state index in [1.807, 2.05) is 31.3 Å². The molecule has 3 heterocycles. The number of fused-ring (bicyclic) bond motifs is 1. The molecule has 0 unspecified atom stereocenters. The Morgan fingerprint density at radius 1 is 1.40 bits per heavy atom. The zero-order chi connectivity index (χ0) is 17.4. The molecule has 25 heavy (non-hydrogen) atoms. The van der Waals surface area contributed by atoms with E-state index in [9.17, 15) is 9.18 Å². The highest BCUT2D eigenvalue weighted by atomic mass is 19.1. The smallest absolute Gasteiger partial charge is 0.231 e. The number of nitrogens with one attached hydrogen (secondary N) is 2. The van der Waals surface area contributed by atoms with Crippen LogP contribution in [-0.4, -0.2) is 33.6 Å². The fourth-order valence-corrected chi connectivity index (χ4v) is 2.80. The Balaban J connectivity index is 1.65. The Hall–Kier alpha value is -2.96. The van der Waals surface area contributed by atoms with E-state index in [0.717, 1.165) is 16.5 Å². The van der Waals surface area contributed by atoms with Crippen LogP contribution in [0.1, 0.15) is 13.3 Å². The lowest BCUT2D eigenvalue weighted by Crippen LogP contribution is -2.15. The van der Waals surface area contributed by atoms with Gasteiger partial charge in [0.1, 0.15) is 17.6 Å². The van der Waals surface area contributed by atoms with Crippen LogP contribution in [0.4, 0.5) is 10.2 Å². The summed E-state index contributed by atoms with van der Waals surface area (Å²) in [6.45, 7) is 2.43. The number of amides is 1. The minimum atomic E-state index is -1.02. The quantitative estimate of drug-likeness (QED) is 0.747. The van der Waals surface area contributed by atoms with Gasteiger partial charge in [-0.2, -0.15) is 0 Å². The monoisotopic (exact) mass is 340 g/mol. The Morgan fingerprint density at radius 3 is 3.00 bits per heavy atom. The molecule has 1 aliphatic rings. The van der Waals surface area contributed by atoms with Gasteiger partial charge in [0, 0.05) is 28.9 Å². The molecule has 1 fully saturated rings. The third kappa shape index (κ3) is 2.93. The van der Waals surface area contributed by atoms with E-state index >= 15 is 0 Å². The molecule has 0 aliphatic heterocycles. The summed E-state index contributed by atoms with van der Waals surface area (Å²) in [4.78, 5) is 23.6. The molecule has 3 aromatic rings. The van der Waals surface area contributed by atoms with Crippen molar-refractivity contribution < 1.29 is 13.9 Å². The van der Waals surface area contributed by atoms with Gasteiger partial charge in [0.15, 0.2) is 0 Å². The van der Waals surface area contributed by atoms with Gasteiger partial charge in [-0.1, -0.05) is 0 Å². The first kappa shape index (κ1) is 15.6. The van der Waals surface area contributed by atoms with E-state index in [2.05, 4.69) is 20.3 Å². The molecule has 3 aromatic heterocycles. The summed E-state index contributed by atoms with van der Waals surface area (Å²) >= 11 is 0. The standard InChI is InChI=1S/C18H17FN4O2/c1-2-25-18-11(4-3-7-20-18)13-9-21-16-10(13)5-6-15(22-16)23-17(24)12-8-14(12)19/h3-7,9,12,14H,2,8H2,1H3,(H2,21,22,23,24)/t12-,14+/m0/s1. The van der Waals surface area contributed by atoms with Crippen LogP contribution in [-0.2, 0) is 4.79 Å². The second-order valence-electron chi connectivity index (χ2n) is 5.93. The minimum absolute atomic E-state index is 0.294. The molecule has 2 atom stereocenters. The first-order valence-corrected chi connectivity index (χ1v) is 8.18. The number of pyridine rings is 2. The molecule has 128 valence electrons. The summed E-state index contributed by atoms with van der Waals surface area (Å²) in [6.07, 6.45) is 2.79. The van der Waals surface area contributed by atoms with Crippen LogP contribution in [0.5, 0.6) is 5.88 Å². The molecule has 0 aromatic carbocycles. The van der Waals surface area contributed by atoms with Crippen LogP contribution in [0, 0.1) is 5.92 Å². The minimum Gasteiger partial charge on any atom is -0.478 e. The van der Waals surface area contributed by atoms with Crippen LogP contribution in [0.3, 0.4) is 0 Å². The zero-order valence-electron chi connectivity index (χ0n) is 13.6. The van der Waals surface area contributed by atoms with Crippen molar-refractivity contribution in [1.29, 1.82) is 0 Å². The molecule has 1 aliphatic carbocycles. The predicted octanol–water partition coefficient (Wildman–Crippen LogP) is 3.32. The number of aromatic nitrogens is 3. The number of rotatable bonds is 5. The van der Waals surface area contributed by atoms with Gasteiger partial charge < -0.3 is 15.0 Å². The molecule has 7 heteroatoms. The van der Waals surface area contributed by atoms with Crippen LogP contribution in [0.2, 0.25) is 0 Å². The Labute approximate surface area is 143 Å².